The second kappa shape index (κ2) is 9.61. The van der Waals surface area contributed by atoms with E-state index in [9.17, 15) is 10.2 Å². The lowest BCUT2D eigenvalue weighted by Crippen LogP contribution is -2.34. The number of benzene rings is 2. The Balaban J connectivity index is 1.12. The van der Waals surface area contributed by atoms with Crippen LogP contribution in [-0.2, 0) is 25.7 Å². The highest BCUT2D eigenvalue weighted by molar-refractivity contribution is 7.80. The fourth-order valence-corrected chi connectivity index (χ4v) is 6.38. The summed E-state index contributed by atoms with van der Waals surface area (Å²) >= 11 is 5.30. The molecule has 0 radical (unpaired) electrons. The summed E-state index contributed by atoms with van der Waals surface area (Å²) in [6.07, 6.45) is 11.5. The maximum Gasteiger partial charge on any atom is 0.207 e. The fraction of sp³-hybridized carbons (Fsp3) is 0.444. The number of phenols is 2. The number of nitrogens with zero attached hydrogens (tertiary/aromatic N) is 4. The largest absolute Gasteiger partial charge is 0.507 e. The molecule has 6 rings (SSSR count). The van der Waals surface area contributed by atoms with E-state index in [1.165, 1.54) is 22.5 Å². The van der Waals surface area contributed by atoms with Crippen LogP contribution in [0.2, 0.25) is 0 Å². The minimum atomic E-state index is 0.234. The number of hydrogen-bond acceptors (Lipinski definition) is 7. The smallest absolute Gasteiger partial charge is 0.207 e. The van der Waals surface area contributed by atoms with Gasteiger partial charge in [0.15, 0.2) is 0 Å². The number of rotatable bonds is 4. The van der Waals surface area contributed by atoms with Crippen LogP contribution in [0.1, 0.15) is 59.1 Å². The molecule has 4 N–H and O–H groups in total. The molecular weight excluding hydrogens is 472 g/mol. The molecule has 4 heterocycles. The van der Waals surface area contributed by atoms with Gasteiger partial charge in [-0.05, 0) is 86.8 Å². The molecule has 0 bridgehead atoms. The van der Waals surface area contributed by atoms with Crippen LogP contribution in [0.3, 0.4) is 0 Å². The SMILES string of the molecule is Oc1c(C=NNC(=S)NN=Cc2cc3c4c(c2O)CCCN4CCC3)cc2c3c1CCCN3CCC2. The lowest BCUT2D eigenvalue weighted by Gasteiger charge is -2.37. The molecule has 0 saturated carbocycles. The number of aryl methyl sites for hydroxylation is 2. The Morgan fingerprint density at radius 1 is 0.722 bits per heavy atom. The topological polar surface area (TPSA) is 95.7 Å². The van der Waals surface area contributed by atoms with Crippen LogP contribution in [0.25, 0.3) is 0 Å². The van der Waals surface area contributed by atoms with Crippen molar-refractivity contribution in [1.82, 2.24) is 10.9 Å². The maximum atomic E-state index is 10.9. The minimum Gasteiger partial charge on any atom is -0.507 e. The summed E-state index contributed by atoms with van der Waals surface area (Å²) in [5.74, 6) is 0.626. The molecule has 0 fully saturated rings. The zero-order valence-corrected chi connectivity index (χ0v) is 21.2. The van der Waals surface area contributed by atoms with E-state index in [0.717, 1.165) is 88.7 Å². The van der Waals surface area contributed by atoms with Crippen LogP contribution in [0, 0.1) is 0 Å². The van der Waals surface area contributed by atoms with Crippen LogP contribution < -0.4 is 20.7 Å². The molecule has 0 aromatic heterocycles. The van der Waals surface area contributed by atoms with Crippen molar-refractivity contribution < 1.29 is 10.2 Å². The van der Waals surface area contributed by atoms with Gasteiger partial charge in [-0.25, -0.2) is 0 Å². The third-order valence-electron chi connectivity index (χ3n) is 7.79. The molecule has 0 spiro atoms. The predicted octanol–water partition coefficient (Wildman–Crippen LogP) is 3.33. The highest BCUT2D eigenvalue weighted by Gasteiger charge is 2.28. The van der Waals surface area contributed by atoms with E-state index >= 15 is 0 Å². The number of aromatic hydroxyl groups is 2. The molecular formula is C27H32N6O2S. The van der Waals surface area contributed by atoms with Crippen molar-refractivity contribution in [3.63, 3.8) is 0 Å². The molecule has 4 aliphatic heterocycles. The summed E-state index contributed by atoms with van der Waals surface area (Å²) in [7, 11) is 0. The lowest BCUT2D eigenvalue weighted by molar-refractivity contribution is 0.461. The Morgan fingerprint density at radius 2 is 1.14 bits per heavy atom. The average Bonchev–Trinajstić information content (AvgIpc) is 2.89. The number of nitrogens with one attached hydrogen (secondary N) is 2. The second-order valence-corrected chi connectivity index (χ2v) is 10.5. The van der Waals surface area contributed by atoms with Gasteiger partial charge in [-0.15, -0.1) is 0 Å². The van der Waals surface area contributed by atoms with Gasteiger partial charge >= 0.3 is 0 Å². The number of phenolic OH excluding ortho intramolecular Hbond substituents is 2. The summed E-state index contributed by atoms with van der Waals surface area (Å²) in [6.45, 7) is 4.27. The van der Waals surface area contributed by atoms with Gasteiger partial charge in [0.1, 0.15) is 11.5 Å². The number of thiocarbonyl (C=S) groups is 1. The van der Waals surface area contributed by atoms with Gasteiger partial charge < -0.3 is 20.0 Å². The summed E-state index contributed by atoms with van der Waals surface area (Å²) in [6, 6.07) is 4.08. The van der Waals surface area contributed by atoms with Crippen molar-refractivity contribution in [2.24, 2.45) is 10.2 Å². The number of hydrazone groups is 2. The van der Waals surface area contributed by atoms with E-state index in [4.69, 9.17) is 12.2 Å². The van der Waals surface area contributed by atoms with Gasteiger partial charge in [0.05, 0.1) is 12.4 Å². The second-order valence-electron chi connectivity index (χ2n) is 10.1. The van der Waals surface area contributed by atoms with Gasteiger partial charge in [0, 0.05) is 59.8 Å². The average molecular weight is 505 g/mol. The molecule has 0 aliphatic carbocycles. The summed E-state index contributed by atoms with van der Waals surface area (Å²) in [4.78, 5) is 4.80. The minimum absolute atomic E-state index is 0.234. The monoisotopic (exact) mass is 504 g/mol. The molecule has 9 heteroatoms. The highest BCUT2D eigenvalue weighted by Crippen LogP contribution is 2.42. The number of anilines is 2. The van der Waals surface area contributed by atoms with Gasteiger partial charge in [-0.3, -0.25) is 10.9 Å². The molecule has 0 amide bonds. The van der Waals surface area contributed by atoms with Gasteiger partial charge in [-0.1, -0.05) is 0 Å². The van der Waals surface area contributed by atoms with Crippen LogP contribution in [0.5, 0.6) is 11.5 Å². The first-order valence-electron chi connectivity index (χ1n) is 13.0. The maximum absolute atomic E-state index is 10.9. The highest BCUT2D eigenvalue weighted by atomic mass is 32.1. The van der Waals surface area contributed by atoms with E-state index in [1.807, 2.05) is 12.1 Å². The van der Waals surface area contributed by atoms with E-state index in [0.29, 0.717) is 22.6 Å². The van der Waals surface area contributed by atoms with E-state index in [1.54, 1.807) is 12.4 Å². The first kappa shape index (κ1) is 23.1. The van der Waals surface area contributed by atoms with Crippen molar-refractivity contribution in [3.8, 4) is 11.5 Å². The summed E-state index contributed by atoms with van der Waals surface area (Å²) in [5, 5.41) is 30.4. The van der Waals surface area contributed by atoms with Crippen molar-refractivity contribution in [2.45, 2.75) is 51.4 Å². The van der Waals surface area contributed by atoms with Crippen LogP contribution in [0.4, 0.5) is 11.4 Å². The third kappa shape index (κ3) is 4.15. The van der Waals surface area contributed by atoms with Crippen LogP contribution >= 0.6 is 12.2 Å². The fourth-order valence-electron chi connectivity index (χ4n) is 6.28. The van der Waals surface area contributed by atoms with E-state index < -0.39 is 0 Å². The molecule has 2 aromatic carbocycles. The molecule has 8 nitrogen and oxygen atoms in total. The van der Waals surface area contributed by atoms with Crippen molar-refractivity contribution in [2.75, 3.05) is 36.0 Å². The molecule has 0 unspecified atom stereocenters. The Morgan fingerprint density at radius 3 is 1.58 bits per heavy atom. The van der Waals surface area contributed by atoms with Crippen molar-refractivity contribution in [1.29, 1.82) is 0 Å². The zero-order valence-electron chi connectivity index (χ0n) is 20.4. The third-order valence-corrected chi connectivity index (χ3v) is 7.97. The molecule has 188 valence electrons. The summed E-state index contributed by atoms with van der Waals surface area (Å²) < 4.78 is 0. The van der Waals surface area contributed by atoms with E-state index in [-0.39, 0.29) is 5.11 Å². The molecule has 36 heavy (non-hydrogen) atoms. The first-order valence-corrected chi connectivity index (χ1v) is 13.4. The Bertz CT molecular complexity index is 1170. The Labute approximate surface area is 216 Å². The van der Waals surface area contributed by atoms with Crippen molar-refractivity contribution >= 4 is 41.1 Å². The zero-order chi connectivity index (χ0) is 24.6. The summed E-state index contributed by atoms with van der Waals surface area (Å²) in [5.41, 5.74) is 14.1. The first-order chi connectivity index (χ1) is 17.6. The molecule has 4 aliphatic rings. The molecule has 0 saturated heterocycles. The van der Waals surface area contributed by atoms with Gasteiger partial charge in [0.25, 0.3) is 0 Å². The van der Waals surface area contributed by atoms with E-state index in [2.05, 4.69) is 30.9 Å². The van der Waals surface area contributed by atoms with Crippen molar-refractivity contribution in [3.05, 3.63) is 45.5 Å². The number of hydrogen-bond donors (Lipinski definition) is 4. The predicted molar refractivity (Wildman–Crippen MR) is 148 cm³/mol. The van der Waals surface area contributed by atoms with Crippen LogP contribution in [0.15, 0.2) is 22.3 Å². The molecule has 0 atom stereocenters. The standard InChI is InChI=1S/C27H32N6O2S/c34-25-19(13-17-5-1-9-32-11-3-7-21(25)23(17)32)15-28-30-27(36)31-29-16-20-14-18-6-2-10-33-12-4-8-22(24(18)33)26(20)35/h13-16,34-35H,1-12H2,(H2,30,31,36). The normalized spacial score (nSPS) is 18.3. The quantitative estimate of drug-likeness (QED) is 0.288. The Kier molecular flexibility index (Phi) is 6.17. The van der Waals surface area contributed by atoms with Gasteiger partial charge in [-0.2, -0.15) is 10.2 Å². The lowest BCUT2D eigenvalue weighted by atomic mass is 9.89. The van der Waals surface area contributed by atoms with Crippen LogP contribution in [-0.4, -0.2) is 53.9 Å². The van der Waals surface area contributed by atoms with Gasteiger partial charge in [0.2, 0.25) is 5.11 Å². The Hall–Kier alpha value is -3.33. The molecule has 2 aromatic rings.